The van der Waals surface area contributed by atoms with E-state index in [4.69, 9.17) is 4.74 Å². The van der Waals surface area contributed by atoms with E-state index in [-0.39, 0.29) is 5.91 Å². The van der Waals surface area contributed by atoms with Gasteiger partial charge in [0.2, 0.25) is 0 Å². The zero-order valence-electron chi connectivity index (χ0n) is 21.3. The van der Waals surface area contributed by atoms with Crippen molar-refractivity contribution in [2.75, 3.05) is 7.11 Å². The summed E-state index contributed by atoms with van der Waals surface area (Å²) in [5.41, 5.74) is 3.42. The molecule has 4 aromatic carbocycles. The highest BCUT2D eigenvalue weighted by atomic mass is 32.2. The smallest absolute Gasteiger partial charge is 0.251 e. The number of nitrogens with zero attached hydrogens (tertiary/aromatic N) is 3. The van der Waals surface area contributed by atoms with Gasteiger partial charge in [0.05, 0.1) is 13.2 Å². The lowest BCUT2D eigenvalue weighted by molar-refractivity contribution is 0.0934. The zero-order valence-corrected chi connectivity index (χ0v) is 22.1. The number of rotatable bonds is 10. The zero-order chi connectivity index (χ0) is 27.0. The second-order valence-electron chi connectivity index (χ2n) is 8.87. The van der Waals surface area contributed by atoms with Crippen molar-refractivity contribution in [3.05, 3.63) is 138 Å². The summed E-state index contributed by atoms with van der Waals surface area (Å²) in [6.45, 7) is 0. The maximum atomic E-state index is 13.5. The molecule has 1 atom stereocenters. The van der Waals surface area contributed by atoms with E-state index in [9.17, 15) is 9.18 Å². The maximum Gasteiger partial charge on any atom is 0.251 e. The van der Waals surface area contributed by atoms with E-state index in [1.165, 1.54) is 24.3 Å². The molecular formula is C31H27FN4O2S. The van der Waals surface area contributed by atoms with Crippen molar-refractivity contribution >= 4 is 17.7 Å². The number of methoxy groups -OCH3 is 1. The molecule has 0 unspecified atom stereocenters. The van der Waals surface area contributed by atoms with E-state index in [1.54, 1.807) is 18.9 Å². The fourth-order valence-corrected chi connectivity index (χ4v) is 5.10. The minimum Gasteiger partial charge on any atom is -0.497 e. The lowest BCUT2D eigenvalue weighted by atomic mass is 10.0. The summed E-state index contributed by atoms with van der Waals surface area (Å²) in [5, 5.41) is 13.0. The molecule has 8 heteroatoms. The molecule has 0 aliphatic rings. The van der Waals surface area contributed by atoms with Crippen LogP contribution in [0.2, 0.25) is 0 Å². The first-order valence-electron chi connectivity index (χ1n) is 12.5. The first kappa shape index (κ1) is 26.2. The van der Waals surface area contributed by atoms with Crippen LogP contribution in [0.5, 0.6) is 5.75 Å². The van der Waals surface area contributed by atoms with Gasteiger partial charge in [0.25, 0.3) is 5.91 Å². The molecular weight excluding hydrogens is 511 g/mol. The van der Waals surface area contributed by atoms with Crippen LogP contribution >= 0.6 is 11.8 Å². The van der Waals surface area contributed by atoms with Crippen LogP contribution in [0.1, 0.15) is 33.4 Å². The van der Waals surface area contributed by atoms with Crippen LogP contribution in [0.15, 0.2) is 114 Å². The second kappa shape index (κ2) is 12.4. The third-order valence-corrected chi connectivity index (χ3v) is 7.21. The number of halogens is 1. The van der Waals surface area contributed by atoms with Crippen LogP contribution in [0.25, 0.3) is 5.69 Å². The average molecular weight is 539 g/mol. The van der Waals surface area contributed by atoms with Crippen molar-refractivity contribution in [1.29, 1.82) is 0 Å². The fraction of sp³-hybridized carbons (Fsp3) is 0.129. The summed E-state index contributed by atoms with van der Waals surface area (Å²) in [6.07, 6.45) is 0.502. The van der Waals surface area contributed by atoms with E-state index in [2.05, 4.69) is 15.5 Å². The fourth-order valence-electron chi connectivity index (χ4n) is 4.19. The van der Waals surface area contributed by atoms with Crippen LogP contribution < -0.4 is 10.1 Å². The number of hydrogen-bond donors (Lipinski definition) is 1. The third-order valence-electron chi connectivity index (χ3n) is 6.21. The molecule has 1 aromatic heterocycles. The quantitative estimate of drug-likeness (QED) is 0.208. The van der Waals surface area contributed by atoms with Gasteiger partial charge in [-0.1, -0.05) is 72.4 Å². The minimum atomic E-state index is -0.493. The number of para-hydroxylation sites is 1. The summed E-state index contributed by atoms with van der Waals surface area (Å²) >= 11 is 1.56. The Hall–Kier alpha value is -4.43. The topological polar surface area (TPSA) is 69.0 Å². The Morgan fingerprint density at radius 1 is 0.872 bits per heavy atom. The predicted octanol–water partition coefficient (Wildman–Crippen LogP) is 6.42. The van der Waals surface area contributed by atoms with Crippen molar-refractivity contribution in [2.45, 2.75) is 23.4 Å². The molecule has 5 aromatic rings. The molecule has 0 saturated carbocycles. The molecule has 6 nitrogen and oxygen atoms in total. The Kier molecular flexibility index (Phi) is 8.33. The van der Waals surface area contributed by atoms with Gasteiger partial charge < -0.3 is 10.1 Å². The second-order valence-corrected chi connectivity index (χ2v) is 9.81. The van der Waals surface area contributed by atoms with Crippen LogP contribution in [0, 0.1) is 5.82 Å². The van der Waals surface area contributed by atoms with Gasteiger partial charge in [-0.15, -0.1) is 10.2 Å². The maximum absolute atomic E-state index is 13.5. The van der Waals surface area contributed by atoms with Crippen molar-refractivity contribution in [3.63, 3.8) is 0 Å². The Labute approximate surface area is 230 Å². The first-order chi connectivity index (χ1) is 19.1. The highest BCUT2D eigenvalue weighted by Gasteiger charge is 2.25. The van der Waals surface area contributed by atoms with Crippen LogP contribution in [0.4, 0.5) is 4.39 Å². The lowest BCUT2D eigenvalue weighted by Crippen LogP contribution is -2.32. The Morgan fingerprint density at radius 2 is 1.54 bits per heavy atom. The van der Waals surface area contributed by atoms with Crippen molar-refractivity contribution in [1.82, 2.24) is 20.1 Å². The van der Waals surface area contributed by atoms with E-state index >= 15 is 0 Å². The van der Waals surface area contributed by atoms with E-state index in [0.29, 0.717) is 28.7 Å². The molecule has 0 fully saturated rings. The highest BCUT2D eigenvalue weighted by Crippen LogP contribution is 2.29. The molecule has 0 radical (unpaired) electrons. The van der Waals surface area contributed by atoms with Gasteiger partial charge >= 0.3 is 0 Å². The van der Waals surface area contributed by atoms with Gasteiger partial charge in [0.1, 0.15) is 11.6 Å². The summed E-state index contributed by atoms with van der Waals surface area (Å²) in [4.78, 5) is 13.2. The molecule has 39 heavy (non-hydrogen) atoms. The van der Waals surface area contributed by atoms with Crippen LogP contribution in [-0.2, 0) is 12.2 Å². The molecule has 1 heterocycles. The Morgan fingerprint density at radius 3 is 2.21 bits per heavy atom. The SMILES string of the molecule is COc1ccc(CSc2nnc([C@@H](Cc3ccccc3)NC(=O)c3ccc(F)cc3)n2-c2ccccc2)cc1. The minimum absolute atomic E-state index is 0.314. The number of aromatic nitrogens is 3. The molecule has 0 bridgehead atoms. The van der Waals surface area contributed by atoms with Gasteiger partial charge in [-0.3, -0.25) is 9.36 Å². The van der Waals surface area contributed by atoms with E-state index in [0.717, 1.165) is 22.6 Å². The molecule has 1 amide bonds. The van der Waals surface area contributed by atoms with Crippen molar-refractivity contribution in [3.8, 4) is 11.4 Å². The Balaban J connectivity index is 1.50. The number of thioether (sulfide) groups is 1. The number of hydrogen-bond acceptors (Lipinski definition) is 5. The largest absolute Gasteiger partial charge is 0.497 e. The lowest BCUT2D eigenvalue weighted by Gasteiger charge is -2.20. The van der Waals surface area contributed by atoms with Gasteiger partial charge in [-0.2, -0.15) is 0 Å². The summed E-state index contributed by atoms with van der Waals surface area (Å²) in [7, 11) is 1.65. The standard InChI is InChI=1S/C31H27FN4O2S/c1-38-27-18-12-23(13-19-27)21-39-31-35-34-29(36(31)26-10-6-3-7-11-26)28(20-22-8-4-2-5-9-22)33-30(37)24-14-16-25(32)17-15-24/h2-19,28H,20-21H2,1H3,(H,33,37)/t28-/m1/s1. The monoisotopic (exact) mass is 538 g/mol. The van der Waals surface area contributed by atoms with E-state index < -0.39 is 11.9 Å². The number of nitrogens with one attached hydrogen (secondary N) is 1. The Bertz CT molecular complexity index is 1510. The molecule has 5 rings (SSSR count). The average Bonchev–Trinajstić information content (AvgIpc) is 3.41. The molecule has 196 valence electrons. The number of carbonyl (C=O) groups is 1. The molecule has 0 aliphatic carbocycles. The molecule has 1 N–H and O–H groups in total. The first-order valence-corrected chi connectivity index (χ1v) is 13.5. The third kappa shape index (κ3) is 6.53. The molecule has 0 saturated heterocycles. The van der Waals surface area contributed by atoms with E-state index in [1.807, 2.05) is 89.5 Å². The van der Waals surface area contributed by atoms with Crippen LogP contribution in [0.3, 0.4) is 0 Å². The number of amides is 1. The molecule has 0 aliphatic heterocycles. The van der Waals surface area contributed by atoms with Gasteiger partial charge in [0.15, 0.2) is 11.0 Å². The number of ether oxygens (including phenoxy) is 1. The van der Waals surface area contributed by atoms with Crippen molar-refractivity contribution < 1.29 is 13.9 Å². The van der Waals surface area contributed by atoms with Gasteiger partial charge in [-0.25, -0.2) is 4.39 Å². The highest BCUT2D eigenvalue weighted by molar-refractivity contribution is 7.98. The number of benzene rings is 4. The van der Waals surface area contributed by atoms with Gasteiger partial charge in [0, 0.05) is 17.0 Å². The number of carbonyl (C=O) groups excluding carboxylic acids is 1. The summed E-state index contributed by atoms with van der Waals surface area (Å²) in [6, 6.07) is 32.7. The predicted molar refractivity (Wildman–Crippen MR) is 151 cm³/mol. The molecule has 0 spiro atoms. The van der Waals surface area contributed by atoms with Crippen molar-refractivity contribution in [2.24, 2.45) is 0 Å². The van der Waals surface area contributed by atoms with Gasteiger partial charge in [-0.05, 0) is 66.1 Å². The van der Waals surface area contributed by atoms with Crippen LogP contribution in [-0.4, -0.2) is 27.8 Å². The summed E-state index contributed by atoms with van der Waals surface area (Å²) in [5.74, 6) is 1.39. The normalized spacial score (nSPS) is 11.6. The summed E-state index contributed by atoms with van der Waals surface area (Å²) < 4.78 is 20.7.